The number of hydrogen-bond acceptors (Lipinski definition) is 24. The van der Waals surface area contributed by atoms with Crippen LogP contribution in [-0.2, 0) is 109 Å². The zero-order valence-corrected chi connectivity index (χ0v) is 42.9. The van der Waals surface area contributed by atoms with Crippen molar-refractivity contribution in [2.24, 2.45) is 0 Å². The van der Waals surface area contributed by atoms with Crippen LogP contribution in [0.25, 0.3) is 0 Å². The molecule has 0 spiro atoms. The molecule has 426 valence electrons. The lowest BCUT2D eigenvalue weighted by molar-refractivity contribution is -0.0317. The van der Waals surface area contributed by atoms with Crippen LogP contribution in [0.15, 0.2) is 0 Å². The van der Waals surface area contributed by atoms with Gasteiger partial charge in [-0.2, -0.15) is 0 Å². The third-order valence-corrected chi connectivity index (χ3v) is 8.33. The average Bonchev–Trinajstić information content (AvgIpc) is 3.37. The van der Waals surface area contributed by atoms with Crippen LogP contribution in [0.5, 0.6) is 0 Å². The van der Waals surface area contributed by atoms with Crippen LogP contribution in [0.3, 0.4) is 0 Å². The molecule has 0 aliphatic carbocycles. The highest BCUT2D eigenvalue weighted by molar-refractivity contribution is 5.56. The van der Waals surface area contributed by atoms with Crippen LogP contribution in [0.4, 0.5) is 4.79 Å². The Labute approximate surface area is 422 Å². The van der Waals surface area contributed by atoms with Crippen molar-refractivity contribution in [1.29, 1.82) is 0 Å². The molecule has 0 saturated carbocycles. The Hall–Kier alpha value is -1.61. The fourth-order valence-corrected chi connectivity index (χ4v) is 4.83. The smallest absolute Gasteiger partial charge is 0.450 e. The molecule has 0 aliphatic rings. The summed E-state index contributed by atoms with van der Waals surface area (Å²) >= 11 is 0. The van der Waals surface area contributed by atoms with E-state index in [9.17, 15) is 4.79 Å². The highest BCUT2D eigenvalue weighted by Crippen LogP contribution is 1.90. The lowest BCUT2D eigenvalue weighted by Gasteiger charge is -2.09. The van der Waals surface area contributed by atoms with Crippen LogP contribution >= 0.6 is 0 Å². The van der Waals surface area contributed by atoms with Crippen molar-refractivity contribution in [1.82, 2.24) is 0 Å². The van der Waals surface area contributed by atoms with Gasteiger partial charge in [0.05, 0.1) is 284 Å². The summed E-state index contributed by atoms with van der Waals surface area (Å²) < 4.78 is 124. The number of carboxylic acid groups (broad SMARTS) is 1. The van der Waals surface area contributed by atoms with Crippen LogP contribution in [0, 0.1) is 0 Å². The minimum atomic E-state index is -1.32. The van der Waals surface area contributed by atoms with E-state index in [1.54, 1.807) is 7.11 Å². The van der Waals surface area contributed by atoms with Gasteiger partial charge in [0.15, 0.2) is 0 Å². The Morgan fingerprint density at radius 2 is 0.296 bits per heavy atom. The Morgan fingerprint density at radius 3 is 0.394 bits per heavy atom. The largest absolute Gasteiger partial charge is 0.505 e. The van der Waals surface area contributed by atoms with E-state index >= 15 is 0 Å². The predicted octanol–water partition coefficient (Wildman–Crippen LogP) is 0.676. The second kappa shape index (κ2) is 66.4. The SMILES string of the molecule is COCCOCCOCCOCCOCCOCCOCCOCCOCCOCCOCCOCCOCCOCCOCCOCCOCCOCCOCCOCCOCCOCCOC(=O)O. The Balaban J connectivity index is 3.07. The average molecular weight is 1050 g/mol. The van der Waals surface area contributed by atoms with Crippen molar-refractivity contribution in [3.63, 3.8) is 0 Å². The molecule has 0 aromatic carbocycles. The van der Waals surface area contributed by atoms with E-state index in [0.29, 0.717) is 277 Å². The lowest BCUT2D eigenvalue weighted by Crippen LogP contribution is -2.16. The highest BCUT2D eigenvalue weighted by atomic mass is 16.7. The van der Waals surface area contributed by atoms with Crippen molar-refractivity contribution in [2.75, 3.05) is 298 Å². The fraction of sp³-hybridized carbons (Fsp3) is 0.978. The first-order valence-corrected chi connectivity index (χ1v) is 24.7. The minimum absolute atomic E-state index is 0.000704. The maximum atomic E-state index is 10.2. The van der Waals surface area contributed by atoms with E-state index in [1.807, 2.05) is 0 Å². The molecular weight excluding hydrogens is 952 g/mol. The lowest BCUT2D eigenvalue weighted by atomic mass is 10.6. The Kier molecular flexibility index (Phi) is 64.9. The first kappa shape index (κ1) is 69.4. The number of carbonyl (C=O) groups is 1. The zero-order chi connectivity index (χ0) is 51.0. The van der Waals surface area contributed by atoms with Gasteiger partial charge in [-0.05, 0) is 0 Å². The Bertz CT molecular complexity index is 966. The summed E-state index contributed by atoms with van der Waals surface area (Å²) in [7, 11) is 1.64. The molecule has 0 heterocycles. The molecule has 0 aromatic rings. The molecule has 0 aliphatic heterocycles. The molecule has 0 unspecified atom stereocenters. The first-order chi connectivity index (χ1) is 35.3. The molecule has 0 rings (SSSR count). The van der Waals surface area contributed by atoms with Gasteiger partial charge in [-0.15, -0.1) is 0 Å². The summed E-state index contributed by atoms with van der Waals surface area (Å²) in [5.41, 5.74) is 0. The quantitative estimate of drug-likeness (QED) is 0.0650. The second-order valence-corrected chi connectivity index (χ2v) is 14.0. The number of methoxy groups -OCH3 is 1. The number of hydrogen-bond donors (Lipinski definition) is 1. The third kappa shape index (κ3) is 68.4. The van der Waals surface area contributed by atoms with Gasteiger partial charge in [0, 0.05) is 7.11 Å². The van der Waals surface area contributed by atoms with E-state index < -0.39 is 6.16 Å². The maximum absolute atomic E-state index is 10.2. The predicted molar refractivity (Wildman–Crippen MR) is 253 cm³/mol. The fourth-order valence-electron chi connectivity index (χ4n) is 4.83. The third-order valence-electron chi connectivity index (χ3n) is 8.33. The normalized spacial score (nSPS) is 11.6. The summed E-state index contributed by atoms with van der Waals surface area (Å²) in [6.45, 7) is 20.6. The number of ether oxygens (including phenoxy) is 23. The van der Waals surface area contributed by atoms with Crippen LogP contribution in [-0.4, -0.2) is 309 Å². The van der Waals surface area contributed by atoms with Crippen molar-refractivity contribution in [2.45, 2.75) is 0 Å². The van der Waals surface area contributed by atoms with Gasteiger partial charge in [0.25, 0.3) is 0 Å². The van der Waals surface area contributed by atoms with Crippen molar-refractivity contribution in [3.8, 4) is 0 Å². The van der Waals surface area contributed by atoms with Gasteiger partial charge in [0.1, 0.15) is 6.61 Å². The van der Waals surface area contributed by atoms with E-state index in [-0.39, 0.29) is 13.2 Å². The number of rotatable bonds is 66. The van der Waals surface area contributed by atoms with Gasteiger partial charge in [-0.3, -0.25) is 0 Å². The standard InChI is InChI=1S/C46H92O25/c1-49-2-3-50-4-5-51-6-7-52-8-9-53-10-11-54-12-13-55-14-15-56-16-17-57-18-19-58-20-21-59-22-23-60-24-25-61-26-27-62-28-29-63-30-31-64-32-33-65-34-35-66-36-37-67-38-39-68-40-41-69-42-43-70-44-45-71-46(47)48/h2-45H2,1H3,(H,47,48). The monoisotopic (exact) mass is 1040 g/mol. The van der Waals surface area contributed by atoms with Gasteiger partial charge in [-0.25, -0.2) is 4.79 Å². The van der Waals surface area contributed by atoms with Crippen LogP contribution in [0.1, 0.15) is 0 Å². The second-order valence-electron chi connectivity index (χ2n) is 14.0. The molecule has 0 saturated heterocycles. The first-order valence-electron chi connectivity index (χ1n) is 24.7. The molecule has 25 nitrogen and oxygen atoms in total. The van der Waals surface area contributed by atoms with E-state index in [1.165, 1.54) is 0 Å². The molecule has 25 heteroatoms. The molecule has 0 fully saturated rings. The molecule has 0 amide bonds. The maximum Gasteiger partial charge on any atom is 0.505 e. The summed E-state index contributed by atoms with van der Waals surface area (Å²) in [5.74, 6) is 0. The van der Waals surface area contributed by atoms with Crippen molar-refractivity contribution in [3.05, 3.63) is 0 Å². The molecular formula is C46H92O25. The van der Waals surface area contributed by atoms with Gasteiger partial charge < -0.3 is 114 Å². The molecule has 0 aromatic heterocycles. The molecule has 71 heavy (non-hydrogen) atoms. The van der Waals surface area contributed by atoms with E-state index in [0.717, 1.165) is 0 Å². The summed E-state index contributed by atoms with van der Waals surface area (Å²) in [5, 5.41) is 8.33. The van der Waals surface area contributed by atoms with E-state index in [2.05, 4.69) is 4.74 Å². The summed E-state index contributed by atoms with van der Waals surface area (Å²) in [4.78, 5) is 10.2. The van der Waals surface area contributed by atoms with Crippen molar-refractivity contribution >= 4 is 6.16 Å². The topological polar surface area (TPSA) is 250 Å². The Morgan fingerprint density at radius 1 is 0.197 bits per heavy atom. The van der Waals surface area contributed by atoms with Crippen LogP contribution < -0.4 is 0 Å². The van der Waals surface area contributed by atoms with Gasteiger partial charge in [-0.1, -0.05) is 0 Å². The highest BCUT2D eigenvalue weighted by Gasteiger charge is 2.00. The summed E-state index contributed by atoms with van der Waals surface area (Å²) in [6.07, 6.45) is -1.32. The molecule has 1 N–H and O–H groups in total. The molecule has 0 radical (unpaired) electrons. The van der Waals surface area contributed by atoms with Crippen LogP contribution in [0.2, 0.25) is 0 Å². The van der Waals surface area contributed by atoms with Crippen molar-refractivity contribution < 1.29 is 119 Å². The zero-order valence-electron chi connectivity index (χ0n) is 42.9. The molecule has 0 bridgehead atoms. The van der Waals surface area contributed by atoms with E-state index in [4.69, 9.17) is 109 Å². The summed E-state index contributed by atoms with van der Waals surface area (Å²) in [6, 6.07) is 0. The molecule has 0 atom stereocenters. The van der Waals surface area contributed by atoms with Gasteiger partial charge >= 0.3 is 6.16 Å². The van der Waals surface area contributed by atoms with Gasteiger partial charge in [0.2, 0.25) is 0 Å². The minimum Gasteiger partial charge on any atom is -0.450 e.